The van der Waals surface area contributed by atoms with E-state index in [0.29, 0.717) is 0 Å². The maximum absolute atomic E-state index is 12.7. The van der Waals surface area contributed by atoms with Crippen molar-refractivity contribution in [2.45, 2.75) is 6.18 Å². The minimum absolute atomic E-state index is 0.167. The molecule has 0 bridgehead atoms. The molecule has 1 aliphatic rings. The zero-order valence-electron chi connectivity index (χ0n) is 10.5. The first-order valence-corrected chi connectivity index (χ1v) is 6.05. The van der Waals surface area contributed by atoms with E-state index in [9.17, 15) is 22.4 Å². The Balaban J connectivity index is 1.90. The summed E-state index contributed by atoms with van der Waals surface area (Å²) in [6, 6.07) is 2.39. The van der Waals surface area contributed by atoms with Gasteiger partial charge in [0.2, 0.25) is 5.95 Å². The van der Waals surface area contributed by atoms with Crippen molar-refractivity contribution >= 4 is 5.91 Å². The Kier molecular flexibility index (Phi) is 4.22. The summed E-state index contributed by atoms with van der Waals surface area (Å²) in [5.74, 6) is -1.03. The largest absolute Gasteiger partial charge is 0.401 e. The van der Waals surface area contributed by atoms with E-state index in [-0.39, 0.29) is 37.6 Å². The highest BCUT2D eigenvalue weighted by Crippen LogP contribution is 2.18. The number of carbonyl (C=O) groups is 1. The van der Waals surface area contributed by atoms with E-state index in [1.807, 2.05) is 0 Å². The summed E-state index contributed by atoms with van der Waals surface area (Å²) >= 11 is 0. The molecule has 0 aliphatic carbocycles. The number of carbonyl (C=O) groups excluding carboxylic acids is 1. The molecule has 4 nitrogen and oxygen atoms in total. The molecular weight excluding hydrogens is 278 g/mol. The monoisotopic (exact) mass is 291 g/mol. The molecule has 0 spiro atoms. The molecule has 0 N–H and O–H groups in total. The van der Waals surface area contributed by atoms with Gasteiger partial charge < -0.3 is 4.90 Å². The second-order valence-electron chi connectivity index (χ2n) is 4.55. The second kappa shape index (κ2) is 5.74. The SMILES string of the molecule is O=C(c1ccc(F)nc1)N1CCN(CC(F)(F)F)CC1. The van der Waals surface area contributed by atoms with Gasteiger partial charge in [0.25, 0.3) is 5.91 Å². The normalized spacial score (nSPS) is 17.3. The van der Waals surface area contributed by atoms with Gasteiger partial charge in [-0.2, -0.15) is 17.6 Å². The Labute approximate surface area is 113 Å². The number of hydrogen-bond acceptors (Lipinski definition) is 3. The van der Waals surface area contributed by atoms with Crippen molar-refractivity contribution in [3.8, 4) is 0 Å². The zero-order valence-corrected chi connectivity index (χ0v) is 10.5. The van der Waals surface area contributed by atoms with Crippen LogP contribution in [0.4, 0.5) is 17.6 Å². The lowest BCUT2D eigenvalue weighted by Gasteiger charge is -2.34. The predicted octanol–water partition coefficient (Wildman–Crippen LogP) is 1.54. The molecular formula is C12H13F4N3O. The van der Waals surface area contributed by atoms with E-state index in [0.717, 1.165) is 12.3 Å². The molecule has 110 valence electrons. The summed E-state index contributed by atoms with van der Waals surface area (Å²) in [6.45, 7) is -0.203. The lowest BCUT2D eigenvalue weighted by atomic mass is 10.2. The third-order valence-corrected chi connectivity index (χ3v) is 3.04. The summed E-state index contributed by atoms with van der Waals surface area (Å²) in [5.41, 5.74) is 0.232. The van der Waals surface area contributed by atoms with Gasteiger partial charge in [0.1, 0.15) is 0 Å². The molecule has 0 atom stereocenters. The van der Waals surface area contributed by atoms with E-state index >= 15 is 0 Å². The van der Waals surface area contributed by atoms with E-state index in [2.05, 4.69) is 4.98 Å². The summed E-state index contributed by atoms with van der Waals surface area (Å²) in [4.78, 5) is 18.1. The smallest absolute Gasteiger partial charge is 0.336 e. The van der Waals surface area contributed by atoms with Crippen molar-refractivity contribution in [3.63, 3.8) is 0 Å². The van der Waals surface area contributed by atoms with Gasteiger partial charge in [-0.1, -0.05) is 0 Å². The van der Waals surface area contributed by atoms with Gasteiger partial charge in [0.05, 0.1) is 12.1 Å². The second-order valence-corrected chi connectivity index (χ2v) is 4.55. The number of aromatic nitrogens is 1. The molecule has 1 fully saturated rings. The molecule has 8 heteroatoms. The van der Waals surface area contributed by atoms with E-state index in [4.69, 9.17) is 0 Å². The quantitative estimate of drug-likeness (QED) is 0.612. The molecule has 20 heavy (non-hydrogen) atoms. The molecule has 0 aromatic carbocycles. The lowest BCUT2D eigenvalue weighted by Crippen LogP contribution is -2.50. The van der Waals surface area contributed by atoms with Crippen LogP contribution >= 0.6 is 0 Å². The Morgan fingerprint density at radius 1 is 1.20 bits per heavy atom. The van der Waals surface area contributed by atoms with Crippen LogP contribution in [0.2, 0.25) is 0 Å². The number of hydrogen-bond donors (Lipinski definition) is 0. The number of amides is 1. The van der Waals surface area contributed by atoms with Crippen LogP contribution in [-0.4, -0.2) is 59.6 Å². The number of piperazine rings is 1. The maximum atomic E-state index is 12.7. The van der Waals surface area contributed by atoms with Crippen LogP contribution in [0.15, 0.2) is 18.3 Å². The van der Waals surface area contributed by atoms with Crippen LogP contribution in [0.5, 0.6) is 0 Å². The van der Waals surface area contributed by atoms with Crippen LogP contribution in [0.25, 0.3) is 0 Å². The minimum Gasteiger partial charge on any atom is -0.336 e. The van der Waals surface area contributed by atoms with Crippen molar-refractivity contribution < 1.29 is 22.4 Å². The van der Waals surface area contributed by atoms with Crippen LogP contribution in [-0.2, 0) is 0 Å². The summed E-state index contributed by atoms with van der Waals surface area (Å²) in [6.07, 6.45) is -3.10. The molecule has 1 aromatic heterocycles. The van der Waals surface area contributed by atoms with Gasteiger partial charge in [-0.15, -0.1) is 0 Å². The topological polar surface area (TPSA) is 36.4 Å². The summed E-state index contributed by atoms with van der Waals surface area (Å²) < 4.78 is 49.3. The number of alkyl halides is 3. The van der Waals surface area contributed by atoms with Crippen molar-refractivity contribution in [1.29, 1.82) is 0 Å². The number of halogens is 4. The average molecular weight is 291 g/mol. The van der Waals surface area contributed by atoms with Gasteiger partial charge in [-0.3, -0.25) is 9.69 Å². The molecule has 1 amide bonds. The predicted molar refractivity (Wildman–Crippen MR) is 62.6 cm³/mol. The molecule has 1 aliphatic heterocycles. The summed E-state index contributed by atoms with van der Waals surface area (Å²) in [7, 11) is 0. The molecule has 1 saturated heterocycles. The van der Waals surface area contributed by atoms with Crippen molar-refractivity contribution in [2.75, 3.05) is 32.7 Å². The first-order valence-electron chi connectivity index (χ1n) is 6.05. The highest BCUT2D eigenvalue weighted by Gasteiger charge is 2.32. The Hall–Kier alpha value is -1.70. The highest BCUT2D eigenvalue weighted by atomic mass is 19.4. The van der Waals surface area contributed by atoms with E-state index in [1.165, 1.54) is 15.9 Å². The first kappa shape index (κ1) is 14.7. The van der Waals surface area contributed by atoms with Crippen LogP contribution in [0, 0.1) is 5.95 Å². The van der Waals surface area contributed by atoms with Crippen LogP contribution in [0.3, 0.4) is 0 Å². The van der Waals surface area contributed by atoms with Gasteiger partial charge in [-0.05, 0) is 12.1 Å². The van der Waals surface area contributed by atoms with Gasteiger partial charge >= 0.3 is 6.18 Å². The molecule has 0 saturated carbocycles. The third-order valence-electron chi connectivity index (χ3n) is 3.04. The van der Waals surface area contributed by atoms with E-state index < -0.39 is 18.7 Å². The van der Waals surface area contributed by atoms with Crippen LogP contribution in [0.1, 0.15) is 10.4 Å². The van der Waals surface area contributed by atoms with E-state index in [1.54, 1.807) is 0 Å². The average Bonchev–Trinajstić information content (AvgIpc) is 2.38. The Bertz CT molecular complexity index is 467. The van der Waals surface area contributed by atoms with Gasteiger partial charge in [0, 0.05) is 32.4 Å². The fraction of sp³-hybridized carbons (Fsp3) is 0.500. The molecule has 1 aromatic rings. The Morgan fingerprint density at radius 3 is 2.35 bits per heavy atom. The Morgan fingerprint density at radius 2 is 1.85 bits per heavy atom. The maximum Gasteiger partial charge on any atom is 0.401 e. The molecule has 2 rings (SSSR count). The fourth-order valence-electron chi connectivity index (χ4n) is 2.05. The molecule has 0 radical (unpaired) electrons. The number of rotatable bonds is 2. The van der Waals surface area contributed by atoms with Crippen molar-refractivity contribution in [1.82, 2.24) is 14.8 Å². The van der Waals surface area contributed by atoms with Gasteiger partial charge in [-0.25, -0.2) is 4.98 Å². The highest BCUT2D eigenvalue weighted by molar-refractivity contribution is 5.93. The summed E-state index contributed by atoms with van der Waals surface area (Å²) in [5, 5.41) is 0. The van der Waals surface area contributed by atoms with Crippen molar-refractivity contribution in [2.24, 2.45) is 0 Å². The molecule has 2 heterocycles. The minimum atomic E-state index is -4.23. The van der Waals surface area contributed by atoms with Crippen LogP contribution < -0.4 is 0 Å². The standard InChI is InChI=1S/C12H13F4N3O/c13-10-2-1-9(7-17-10)11(20)19-5-3-18(4-6-19)8-12(14,15)16/h1-2,7H,3-6,8H2. The first-order chi connectivity index (χ1) is 9.35. The van der Waals surface area contributed by atoms with Gasteiger partial charge in [0.15, 0.2) is 0 Å². The lowest BCUT2D eigenvalue weighted by molar-refractivity contribution is -0.148. The fourth-order valence-corrected chi connectivity index (χ4v) is 2.05. The zero-order chi connectivity index (χ0) is 14.8. The molecule has 0 unspecified atom stereocenters. The number of nitrogens with zero attached hydrogens (tertiary/aromatic N) is 3. The van der Waals surface area contributed by atoms with Crippen molar-refractivity contribution in [3.05, 3.63) is 29.8 Å². The third kappa shape index (κ3) is 3.89. The number of pyridine rings is 1.